The molecule has 88 valence electrons. The van der Waals surface area contributed by atoms with Crippen LogP contribution < -0.4 is 0 Å². The quantitative estimate of drug-likeness (QED) is 0.455. The molecule has 0 aliphatic rings. The fraction of sp³-hybridized carbons (Fsp3) is 0.417. The molecule has 0 aliphatic heterocycles. The lowest BCUT2D eigenvalue weighted by atomic mass is 10.2. The number of carbonyl (C=O) groups excluding carboxylic acids is 1. The lowest BCUT2D eigenvalue weighted by Crippen LogP contribution is -2.14. The lowest BCUT2D eigenvalue weighted by Gasteiger charge is -2.13. The molecule has 0 heterocycles. The zero-order valence-electron chi connectivity index (χ0n) is 9.57. The summed E-state index contributed by atoms with van der Waals surface area (Å²) in [6, 6.07) is 7.69. The Morgan fingerprint density at radius 1 is 1.31 bits per heavy atom. The van der Waals surface area contributed by atoms with Gasteiger partial charge in [0.25, 0.3) is 0 Å². The van der Waals surface area contributed by atoms with E-state index in [1.165, 1.54) is 0 Å². The molecule has 1 atom stereocenters. The number of carbonyl (C=O) groups is 1. The highest BCUT2D eigenvalue weighted by atomic mass is 35.5. The summed E-state index contributed by atoms with van der Waals surface area (Å²) in [6.45, 7) is 5.81. The molecule has 2 nitrogen and oxygen atoms in total. The Morgan fingerprint density at radius 2 is 1.88 bits per heavy atom. The summed E-state index contributed by atoms with van der Waals surface area (Å²) in [7, 11) is 0. The molecule has 1 rings (SSSR count). The van der Waals surface area contributed by atoms with E-state index >= 15 is 0 Å². The number of alkyl halides is 1. The summed E-state index contributed by atoms with van der Waals surface area (Å²) in [5.41, 5.74) is 0.598. The minimum Gasteiger partial charge on any atom is -0.437 e. The Bertz CT molecular complexity index is 349. The van der Waals surface area contributed by atoms with Crippen LogP contribution >= 0.6 is 23.4 Å². The first kappa shape index (κ1) is 13.4. The number of rotatable bonds is 3. The highest BCUT2D eigenvalue weighted by Crippen LogP contribution is 2.23. The smallest absolute Gasteiger partial charge is 0.373 e. The molecule has 0 radical (unpaired) electrons. The van der Waals surface area contributed by atoms with Crippen molar-refractivity contribution in [2.24, 2.45) is 5.92 Å². The second-order valence-corrected chi connectivity index (χ2v) is 5.32. The normalized spacial score (nSPS) is 12.6. The Kier molecular flexibility index (Phi) is 5.16. The van der Waals surface area contributed by atoms with Crippen LogP contribution in [0.2, 0.25) is 0 Å². The molecule has 0 saturated carbocycles. The van der Waals surface area contributed by atoms with E-state index < -0.39 is 5.56 Å². The minimum absolute atomic E-state index is 0.115. The zero-order chi connectivity index (χ0) is 12.1. The van der Waals surface area contributed by atoms with E-state index in [1.54, 1.807) is 0 Å². The number of hydrogen-bond donors (Lipinski definition) is 0. The van der Waals surface area contributed by atoms with Crippen LogP contribution in [-0.2, 0) is 4.74 Å². The molecule has 1 aromatic carbocycles. The molecule has 0 aliphatic carbocycles. The highest BCUT2D eigenvalue weighted by molar-refractivity contribution is 8.13. The number of hydrogen-bond acceptors (Lipinski definition) is 3. The lowest BCUT2D eigenvalue weighted by molar-refractivity contribution is 0.140. The fourth-order valence-electron chi connectivity index (χ4n) is 0.955. The summed E-state index contributed by atoms with van der Waals surface area (Å²) in [4.78, 5) is 12.3. The van der Waals surface area contributed by atoms with Gasteiger partial charge in [-0.15, -0.1) is 0 Å². The molecule has 4 heteroatoms. The van der Waals surface area contributed by atoms with Gasteiger partial charge in [0.2, 0.25) is 0 Å². The molecule has 0 bridgehead atoms. The number of ether oxygens (including phenoxy) is 1. The Hall–Kier alpha value is -0.670. The van der Waals surface area contributed by atoms with E-state index in [1.807, 2.05) is 45.0 Å². The van der Waals surface area contributed by atoms with Crippen molar-refractivity contribution in [1.29, 1.82) is 0 Å². The Balaban J connectivity index is 2.48. The average Bonchev–Trinajstić information content (AvgIpc) is 2.21. The van der Waals surface area contributed by atoms with Crippen molar-refractivity contribution in [2.75, 3.05) is 0 Å². The van der Waals surface area contributed by atoms with Gasteiger partial charge in [-0.1, -0.05) is 43.1 Å². The van der Waals surface area contributed by atoms with Crippen molar-refractivity contribution in [3.05, 3.63) is 29.8 Å². The topological polar surface area (TPSA) is 26.3 Å². The van der Waals surface area contributed by atoms with Crippen LogP contribution in [0.1, 0.15) is 19.4 Å². The largest absolute Gasteiger partial charge is 0.437 e. The molecule has 0 fully saturated rings. The van der Waals surface area contributed by atoms with Crippen LogP contribution in [0.15, 0.2) is 29.2 Å². The predicted molar refractivity (Wildman–Crippen MR) is 68.0 cm³/mol. The van der Waals surface area contributed by atoms with Crippen LogP contribution in [0.5, 0.6) is 0 Å². The van der Waals surface area contributed by atoms with E-state index in [4.69, 9.17) is 16.3 Å². The van der Waals surface area contributed by atoms with Gasteiger partial charge in [0.05, 0.1) is 0 Å². The standard InChI is InChI=1S/C12H15ClO2S/c1-8(2)11(13)15-12(14)16-10-6-4-9(3)5-7-10/h4-8,11H,1-3H3. The zero-order valence-corrected chi connectivity index (χ0v) is 11.1. The van der Waals surface area contributed by atoms with Gasteiger partial charge in [-0.3, -0.25) is 0 Å². The number of aryl methyl sites for hydroxylation is 1. The second-order valence-electron chi connectivity index (χ2n) is 3.88. The second kappa shape index (κ2) is 6.16. The molecule has 16 heavy (non-hydrogen) atoms. The molecule has 0 aromatic heterocycles. The van der Waals surface area contributed by atoms with Crippen LogP contribution in [0.4, 0.5) is 4.79 Å². The third-order valence-electron chi connectivity index (χ3n) is 1.96. The third-order valence-corrected chi connectivity index (χ3v) is 3.32. The van der Waals surface area contributed by atoms with Crippen molar-refractivity contribution in [3.8, 4) is 0 Å². The first-order valence-corrected chi connectivity index (χ1v) is 6.33. The summed E-state index contributed by atoms with van der Waals surface area (Å²) in [5, 5.41) is -0.363. The summed E-state index contributed by atoms with van der Waals surface area (Å²) < 4.78 is 5.04. The molecule has 1 aromatic rings. The van der Waals surface area contributed by atoms with Gasteiger partial charge < -0.3 is 4.74 Å². The Labute approximate surface area is 105 Å². The van der Waals surface area contributed by atoms with Crippen LogP contribution in [-0.4, -0.2) is 10.9 Å². The maximum absolute atomic E-state index is 11.5. The van der Waals surface area contributed by atoms with E-state index in [-0.39, 0.29) is 11.2 Å². The van der Waals surface area contributed by atoms with Crippen LogP contribution in [0.3, 0.4) is 0 Å². The van der Waals surface area contributed by atoms with Crippen molar-refractivity contribution in [3.63, 3.8) is 0 Å². The highest BCUT2D eigenvalue weighted by Gasteiger charge is 2.15. The molecular weight excluding hydrogens is 244 g/mol. The summed E-state index contributed by atoms with van der Waals surface area (Å²) >= 11 is 6.90. The maximum atomic E-state index is 11.5. The van der Waals surface area contributed by atoms with Crippen molar-refractivity contribution in [1.82, 2.24) is 0 Å². The fourth-order valence-corrected chi connectivity index (χ4v) is 1.70. The molecule has 1 unspecified atom stereocenters. The van der Waals surface area contributed by atoms with Gasteiger partial charge in [-0.2, -0.15) is 0 Å². The SMILES string of the molecule is Cc1ccc(SC(=O)OC(Cl)C(C)C)cc1. The number of benzene rings is 1. The van der Waals surface area contributed by atoms with Gasteiger partial charge >= 0.3 is 5.30 Å². The number of halogens is 1. The summed E-state index contributed by atoms with van der Waals surface area (Å²) in [5.74, 6) is 0.115. The van der Waals surface area contributed by atoms with Gasteiger partial charge in [0, 0.05) is 10.8 Å². The molecule has 0 saturated heterocycles. The third kappa shape index (κ3) is 4.45. The first-order valence-electron chi connectivity index (χ1n) is 5.08. The summed E-state index contributed by atoms with van der Waals surface area (Å²) in [6.07, 6.45) is 0. The van der Waals surface area contributed by atoms with Crippen LogP contribution in [0.25, 0.3) is 0 Å². The molecule has 0 N–H and O–H groups in total. The minimum atomic E-state index is -0.564. The molecule has 0 spiro atoms. The van der Waals surface area contributed by atoms with E-state index in [2.05, 4.69) is 0 Å². The van der Waals surface area contributed by atoms with Crippen LogP contribution in [0, 0.1) is 12.8 Å². The van der Waals surface area contributed by atoms with Gasteiger partial charge in [-0.25, -0.2) is 4.79 Å². The van der Waals surface area contributed by atoms with Gasteiger partial charge in [0.15, 0.2) is 5.56 Å². The van der Waals surface area contributed by atoms with Gasteiger partial charge in [-0.05, 0) is 30.8 Å². The van der Waals surface area contributed by atoms with E-state index in [9.17, 15) is 4.79 Å². The first-order chi connectivity index (χ1) is 7.49. The monoisotopic (exact) mass is 258 g/mol. The molecule has 0 amide bonds. The average molecular weight is 259 g/mol. The van der Waals surface area contributed by atoms with E-state index in [0.717, 1.165) is 22.2 Å². The van der Waals surface area contributed by atoms with Gasteiger partial charge in [0.1, 0.15) is 0 Å². The Morgan fingerprint density at radius 3 is 2.38 bits per heavy atom. The van der Waals surface area contributed by atoms with Crippen molar-refractivity contribution < 1.29 is 9.53 Å². The maximum Gasteiger partial charge on any atom is 0.373 e. The molecular formula is C12H15ClO2S. The van der Waals surface area contributed by atoms with Crippen molar-refractivity contribution >= 4 is 28.7 Å². The predicted octanol–water partition coefficient (Wildman–Crippen LogP) is 4.44. The van der Waals surface area contributed by atoms with Crippen molar-refractivity contribution in [2.45, 2.75) is 31.2 Å². The van der Waals surface area contributed by atoms with E-state index in [0.29, 0.717) is 0 Å². The number of thioether (sulfide) groups is 1.